The Hall–Kier alpha value is -1.92. The Labute approximate surface area is 139 Å². The summed E-state index contributed by atoms with van der Waals surface area (Å²) in [5.41, 5.74) is 1.44. The summed E-state index contributed by atoms with van der Waals surface area (Å²) in [4.78, 5) is 16.4. The van der Waals surface area contributed by atoms with Crippen LogP contribution in [0.5, 0.6) is 0 Å². The van der Waals surface area contributed by atoms with E-state index in [1.165, 1.54) is 6.33 Å². The lowest BCUT2D eigenvalue weighted by Crippen LogP contribution is -2.32. The van der Waals surface area contributed by atoms with E-state index < -0.39 is 6.10 Å². The first-order chi connectivity index (χ1) is 11.0. The third-order valence-electron chi connectivity index (χ3n) is 4.42. The number of amides is 1. The molecule has 0 aliphatic heterocycles. The molecule has 23 heavy (non-hydrogen) atoms. The summed E-state index contributed by atoms with van der Waals surface area (Å²) in [6.45, 7) is 2.30. The number of carbonyl (C=O) groups excluding carboxylic acids is 1. The van der Waals surface area contributed by atoms with Crippen molar-refractivity contribution in [3.05, 3.63) is 46.5 Å². The maximum atomic E-state index is 12.2. The third kappa shape index (κ3) is 3.54. The SMILES string of the molecule is Cc1cc(C(=O)NC[C@@H]2C[C@@H](c3ncn[nH]3)C[C@@H]2O)ccc1Cl. The van der Waals surface area contributed by atoms with Crippen LogP contribution in [0.15, 0.2) is 24.5 Å². The molecule has 0 spiro atoms. The van der Waals surface area contributed by atoms with Gasteiger partial charge in [-0.2, -0.15) is 5.10 Å². The number of benzene rings is 1. The van der Waals surface area contributed by atoms with E-state index in [0.717, 1.165) is 17.8 Å². The van der Waals surface area contributed by atoms with Crippen LogP contribution in [0.1, 0.15) is 40.5 Å². The van der Waals surface area contributed by atoms with Gasteiger partial charge >= 0.3 is 0 Å². The minimum Gasteiger partial charge on any atom is -0.393 e. The van der Waals surface area contributed by atoms with Crippen LogP contribution in [-0.2, 0) is 0 Å². The van der Waals surface area contributed by atoms with Crippen LogP contribution in [-0.4, -0.2) is 38.8 Å². The van der Waals surface area contributed by atoms with Crippen molar-refractivity contribution < 1.29 is 9.90 Å². The Kier molecular flexibility index (Phi) is 4.63. The van der Waals surface area contributed by atoms with Crippen molar-refractivity contribution in [2.45, 2.75) is 31.8 Å². The fourth-order valence-electron chi connectivity index (χ4n) is 3.07. The Morgan fingerprint density at radius 3 is 3.00 bits per heavy atom. The molecule has 7 heteroatoms. The molecular weight excluding hydrogens is 316 g/mol. The standard InChI is InChI=1S/C16H19ClN4O2/c1-9-4-10(2-3-13(9)17)16(23)18-7-12-5-11(6-14(12)22)15-19-8-20-21-15/h2-4,8,11-12,14,22H,5-7H2,1H3,(H,18,23)(H,19,20,21)/t11-,12+,14+/m1/s1. The molecular formula is C16H19ClN4O2. The summed E-state index contributed by atoms with van der Waals surface area (Å²) in [6.07, 6.45) is 2.43. The molecule has 1 aromatic heterocycles. The van der Waals surface area contributed by atoms with Crippen LogP contribution < -0.4 is 5.32 Å². The highest BCUT2D eigenvalue weighted by molar-refractivity contribution is 6.31. The number of halogens is 1. The van der Waals surface area contributed by atoms with E-state index in [1.54, 1.807) is 18.2 Å². The number of hydrogen-bond donors (Lipinski definition) is 3. The molecule has 1 aromatic carbocycles. The average Bonchev–Trinajstić information content (AvgIpc) is 3.17. The zero-order valence-corrected chi connectivity index (χ0v) is 13.5. The van der Waals surface area contributed by atoms with E-state index in [-0.39, 0.29) is 17.7 Å². The second kappa shape index (κ2) is 6.68. The number of hydrogen-bond acceptors (Lipinski definition) is 4. The van der Waals surface area contributed by atoms with Crippen LogP contribution in [0, 0.1) is 12.8 Å². The summed E-state index contributed by atoms with van der Waals surface area (Å²) < 4.78 is 0. The van der Waals surface area contributed by atoms with Crippen molar-refractivity contribution in [2.75, 3.05) is 6.54 Å². The van der Waals surface area contributed by atoms with Crippen molar-refractivity contribution in [1.29, 1.82) is 0 Å². The highest BCUT2D eigenvalue weighted by atomic mass is 35.5. The van der Waals surface area contributed by atoms with Crippen LogP contribution in [0.4, 0.5) is 0 Å². The normalized spacial score (nSPS) is 23.9. The van der Waals surface area contributed by atoms with E-state index in [4.69, 9.17) is 11.6 Å². The number of nitrogens with one attached hydrogen (secondary N) is 2. The molecule has 1 aliphatic rings. The van der Waals surface area contributed by atoms with Crippen LogP contribution >= 0.6 is 11.6 Å². The molecule has 3 atom stereocenters. The molecule has 0 unspecified atom stereocenters. The lowest BCUT2D eigenvalue weighted by atomic mass is 10.0. The number of H-pyrrole nitrogens is 1. The molecule has 2 aromatic rings. The van der Waals surface area contributed by atoms with Crippen LogP contribution in [0.25, 0.3) is 0 Å². The zero-order chi connectivity index (χ0) is 16.4. The predicted octanol–water partition coefficient (Wildman–Crippen LogP) is 2.05. The van der Waals surface area contributed by atoms with Gasteiger partial charge in [-0.25, -0.2) is 4.98 Å². The average molecular weight is 335 g/mol. The number of aliphatic hydroxyl groups excluding tert-OH is 1. The molecule has 3 rings (SSSR count). The number of aromatic nitrogens is 3. The molecule has 1 saturated carbocycles. The molecule has 1 aliphatic carbocycles. The summed E-state index contributed by atoms with van der Waals surface area (Å²) in [6, 6.07) is 5.18. The van der Waals surface area contributed by atoms with E-state index >= 15 is 0 Å². The maximum absolute atomic E-state index is 12.2. The van der Waals surface area contributed by atoms with Gasteiger partial charge in [-0.1, -0.05) is 11.6 Å². The number of nitrogens with zero attached hydrogens (tertiary/aromatic N) is 2. The number of carbonyl (C=O) groups is 1. The van der Waals surface area contributed by atoms with Gasteiger partial charge in [0, 0.05) is 29.0 Å². The van der Waals surface area contributed by atoms with Crippen molar-refractivity contribution in [3.8, 4) is 0 Å². The van der Waals surface area contributed by atoms with Gasteiger partial charge in [0.25, 0.3) is 5.91 Å². The van der Waals surface area contributed by atoms with Crippen molar-refractivity contribution in [3.63, 3.8) is 0 Å². The number of aliphatic hydroxyl groups is 1. The number of rotatable bonds is 4. The largest absolute Gasteiger partial charge is 0.393 e. The van der Waals surface area contributed by atoms with Gasteiger partial charge in [0.15, 0.2) is 0 Å². The third-order valence-corrected chi connectivity index (χ3v) is 4.85. The van der Waals surface area contributed by atoms with E-state index in [9.17, 15) is 9.90 Å². The van der Waals surface area contributed by atoms with E-state index in [1.807, 2.05) is 6.92 Å². The Balaban J connectivity index is 1.57. The van der Waals surface area contributed by atoms with Crippen molar-refractivity contribution in [1.82, 2.24) is 20.5 Å². The molecule has 1 heterocycles. The molecule has 1 fully saturated rings. The molecule has 0 bridgehead atoms. The van der Waals surface area contributed by atoms with Gasteiger partial charge in [-0.3, -0.25) is 9.89 Å². The van der Waals surface area contributed by atoms with Crippen LogP contribution in [0.3, 0.4) is 0 Å². The highest BCUT2D eigenvalue weighted by Gasteiger charge is 2.35. The van der Waals surface area contributed by atoms with Gasteiger partial charge in [-0.05, 0) is 43.5 Å². The number of aryl methyl sites for hydroxylation is 1. The van der Waals surface area contributed by atoms with Gasteiger partial charge in [0.05, 0.1) is 6.10 Å². The quantitative estimate of drug-likeness (QED) is 0.798. The monoisotopic (exact) mass is 334 g/mol. The minimum atomic E-state index is -0.447. The molecule has 0 radical (unpaired) electrons. The molecule has 6 nitrogen and oxygen atoms in total. The fourth-order valence-corrected chi connectivity index (χ4v) is 3.19. The second-order valence-corrected chi connectivity index (χ2v) is 6.45. The summed E-state index contributed by atoms with van der Waals surface area (Å²) in [5, 5.41) is 20.4. The first-order valence-corrected chi connectivity index (χ1v) is 8.00. The Morgan fingerprint density at radius 2 is 2.30 bits per heavy atom. The zero-order valence-electron chi connectivity index (χ0n) is 12.8. The lowest BCUT2D eigenvalue weighted by Gasteiger charge is -2.15. The maximum Gasteiger partial charge on any atom is 0.251 e. The molecule has 122 valence electrons. The molecule has 3 N–H and O–H groups in total. The topological polar surface area (TPSA) is 90.9 Å². The lowest BCUT2D eigenvalue weighted by molar-refractivity contribution is 0.0916. The molecule has 0 saturated heterocycles. The van der Waals surface area contributed by atoms with Gasteiger partial charge in [0.1, 0.15) is 12.2 Å². The van der Waals surface area contributed by atoms with Gasteiger partial charge in [0.2, 0.25) is 0 Å². The van der Waals surface area contributed by atoms with E-state index in [0.29, 0.717) is 23.6 Å². The van der Waals surface area contributed by atoms with E-state index in [2.05, 4.69) is 20.5 Å². The van der Waals surface area contributed by atoms with Crippen molar-refractivity contribution >= 4 is 17.5 Å². The fraction of sp³-hybridized carbons (Fsp3) is 0.438. The summed E-state index contributed by atoms with van der Waals surface area (Å²) in [7, 11) is 0. The number of aromatic amines is 1. The Morgan fingerprint density at radius 1 is 1.48 bits per heavy atom. The van der Waals surface area contributed by atoms with Gasteiger partial charge < -0.3 is 10.4 Å². The Bertz CT molecular complexity index is 689. The first kappa shape index (κ1) is 16.0. The summed E-state index contributed by atoms with van der Waals surface area (Å²) in [5.74, 6) is 0.820. The second-order valence-electron chi connectivity index (χ2n) is 6.04. The first-order valence-electron chi connectivity index (χ1n) is 7.62. The highest BCUT2D eigenvalue weighted by Crippen LogP contribution is 2.36. The van der Waals surface area contributed by atoms with Crippen LogP contribution in [0.2, 0.25) is 5.02 Å². The smallest absolute Gasteiger partial charge is 0.251 e. The minimum absolute atomic E-state index is 0.0162. The molecule has 1 amide bonds. The van der Waals surface area contributed by atoms with Gasteiger partial charge in [-0.15, -0.1) is 0 Å². The summed E-state index contributed by atoms with van der Waals surface area (Å²) >= 11 is 5.97. The van der Waals surface area contributed by atoms with Crippen molar-refractivity contribution in [2.24, 2.45) is 5.92 Å². The predicted molar refractivity (Wildman–Crippen MR) is 86.4 cm³/mol.